The predicted molar refractivity (Wildman–Crippen MR) is 108 cm³/mol. The summed E-state index contributed by atoms with van der Waals surface area (Å²) >= 11 is 0. The summed E-state index contributed by atoms with van der Waals surface area (Å²) in [5.74, 6) is -0.199. The molecule has 1 heterocycles. The number of fused-ring (bicyclic) bond motifs is 1. The molecule has 27 heavy (non-hydrogen) atoms. The predicted octanol–water partition coefficient (Wildman–Crippen LogP) is 3.21. The molecule has 1 amide bonds. The van der Waals surface area contributed by atoms with Crippen molar-refractivity contribution in [3.05, 3.63) is 58.7 Å². The minimum Gasteiger partial charge on any atom is -0.311 e. The van der Waals surface area contributed by atoms with Gasteiger partial charge in [0.15, 0.2) is 0 Å². The van der Waals surface area contributed by atoms with Crippen LogP contribution < -0.4 is 4.90 Å². The lowest BCUT2D eigenvalue weighted by Gasteiger charge is -2.31. The van der Waals surface area contributed by atoms with Gasteiger partial charge in [-0.05, 0) is 68.5 Å². The first-order valence-corrected chi connectivity index (χ1v) is 10.6. The van der Waals surface area contributed by atoms with E-state index in [-0.39, 0.29) is 17.3 Å². The summed E-state index contributed by atoms with van der Waals surface area (Å²) in [6, 6.07) is 11.1. The Morgan fingerprint density at radius 2 is 1.81 bits per heavy atom. The lowest BCUT2D eigenvalue weighted by Crippen LogP contribution is -2.43. The number of rotatable bonds is 4. The molecule has 0 aliphatic carbocycles. The molecule has 0 fully saturated rings. The van der Waals surface area contributed by atoms with E-state index in [2.05, 4.69) is 6.07 Å². The highest BCUT2D eigenvalue weighted by Crippen LogP contribution is 2.28. The first-order chi connectivity index (χ1) is 12.7. The minimum absolute atomic E-state index is 0.178. The largest absolute Gasteiger partial charge is 0.311 e. The monoisotopic (exact) mass is 386 g/mol. The molecule has 1 aliphatic rings. The van der Waals surface area contributed by atoms with E-state index in [4.69, 9.17) is 0 Å². The fraction of sp³-hybridized carbons (Fsp3) is 0.381. The summed E-state index contributed by atoms with van der Waals surface area (Å²) in [5.41, 5.74) is 5.16. The molecule has 1 aliphatic heterocycles. The summed E-state index contributed by atoms with van der Waals surface area (Å²) in [6.45, 7) is 6.29. The molecule has 0 spiro atoms. The molecular formula is C21H26N2O3S. The van der Waals surface area contributed by atoms with E-state index in [1.54, 1.807) is 23.1 Å². The van der Waals surface area contributed by atoms with Crippen molar-refractivity contribution >= 4 is 21.6 Å². The molecule has 5 nitrogen and oxygen atoms in total. The molecule has 2 aromatic carbocycles. The normalized spacial score (nSPS) is 14.3. The quantitative estimate of drug-likeness (QED) is 0.811. The zero-order valence-electron chi connectivity index (χ0n) is 16.3. The van der Waals surface area contributed by atoms with Gasteiger partial charge in [0, 0.05) is 19.3 Å². The Hall–Kier alpha value is -2.18. The fourth-order valence-electron chi connectivity index (χ4n) is 3.40. The number of sulfonamides is 1. The molecule has 0 radical (unpaired) electrons. The Morgan fingerprint density at radius 1 is 1.07 bits per heavy atom. The van der Waals surface area contributed by atoms with Gasteiger partial charge in [0.25, 0.3) is 0 Å². The van der Waals surface area contributed by atoms with Crippen molar-refractivity contribution in [3.8, 4) is 0 Å². The third-order valence-corrected chi connectivity index (χ3v) is 7.00. The second-order valence-electron chi connectivity index (χ2n) is 7.29. The summed E-state index contributed by atoms with van der Waals surface area (Å²) < 4.78 is 26.9. The smallest absolute Gasteiger partial charge is 0.243 e. The summed E-state index contributed by atoms with van der Waals surface area (Å²) in [7, 11) is -2.25. The lowest BCUT2D eigenvalue weighted by molar-refractivity contribution is -0.118. The van der Waals surface area contributed by atoms with Gasteiger partial charge in [-0.3, -0.25) is 4.79 Å². The molecule has 6 heteroatoms. The van der Waals surface area contributed by atoms with Gasteiger partial charge in [0.1, 0.15) is 0 Å². The van der Waals surface area contributed by atoms with E-state index < -0.39 is 10.0 Å². The van der Waals surface area contributed by atoms with Crippen molar-refractivity contribution < 1.29 is 13.2 Å². The Bertz CT molecular complexity index is 983. The Kier molecular flexibility index (Phi) is 5.40. The number of hydrogen-bond donors (Lipinski definition) is 0. The van der Waals surface area contributed by atoms with Crippen molar-refractivity contribution in [2.24, 2.45) is 0 Å². The van der Waals surface area contributed by atoms with Gasteiger partial charge in [-0.15, -0.1) is 0 Å². The molecule has 0 aromatic heterocycles. The number of likely N-dealkylation sites (N-methyl/N-ethyl adjacent to an activating group) is 1. The van der Waals surface area contributed by atoms with Crippen LogP contribution in [0.4, 0.5) is 5.69 Å². The van der Waals surface area contributed by atoms with Crippen LogP contribution in [-0.4, -0.2) is 38.8 Å². The molecule has 3 rings (SSSR count). The third kappa shape index (κ3) is 3.92. The number of nitrogens with zero attached hydrogens (tertiary/aromatic N) is 2. The van der Waals surface area contributed by atoms with Crippen LogP contribution in [0.15, 0.2) is 41.3 Å². The van der Waals surface area contributed by atoms with Crippen molar-refractivity contribution in [2.75, 3.05) is 25.0 Å². The molecule has 0 saturated heterocycles. The van der Waals surface area contributed by atoms with E-state index in [0.717, 1.165) is 45.1 Å². The number of aryl methyl sites for hydroxylation is 4. The topological polar surface area (TPSA) is 57.7 Å². The van der Waals surface area contributed by atoms with E-state index in [0.29, 0.717) is 6.54 Å². The van der Waals surface area contributed by atoms with Crippen LogP contribution in [0.1, 0.15) is 28.7 Å². The molecule has 0 unspecified atom stereocenters. The average molecular weight is 387 g/mol. The standard InChI is InChI=1S/C21H26N2O3S/c1-15-7-10-20-18(12-15)6-5-11-23(20)21(24)14-22(4)27(25,26)19-9-8-16(2)17(3)13-19/h7-10,12-13H,5-6,11,14H2,1-4H3. The number of carbonyl (C=O) groups excluding carboxylic acids is 1. The van der Waals surface area contributed by atoms with Crippen LogP contribution in [0.2, 0.25) is 0 Å². The van der Waals surface area contributed by atoms with E-state index in [1.165, 1.54) is 7.05 Å². The van der Waals surface area contributed by atoms with Gasteiger partial charge >= 0.3 is 0 Å². The lowest BCUT2D eigenvalue weighted by atomic mass is 9.99. The number of carbonyl (C=O) groups is 1. The van der Waals surface area contributed by atoms with Gasteiger partial charge < -0.3 is 4.90 Å². The van der Waals surface area contributed by atoms with Crippen LogP contribution in [0, 0.1) is 20.8 Å². The van der Waals surface area contributed by atoms with Gasteiger partial charge in [-0.25, -0.2) is 8.42 Å². The summed E-state index contributed by atoms with van der Waals surface area (Å²) in [5, 5.41) is 0. The van der Waals surface area contributed by atoms with Crippen LogP contribution in [0.3, 0.4) is 0 Å². The number of amides is 1. The van der Waals surface area contributed by atoms with Crippen LogP contribution in [-0.2, 0) is 21.2 Å². The summed E-state index contributed by atoms with van der Waals surface area (Å²) in [4.78, 5) is 14.8. The first kappa shape index (κ1) is 19.6. The zero-order valence-corrected chi connectivity index (χ0v) is 17.1. The Morgan fingerprint density at radius 3 is 2.52 bits per heavy atom. The highest BCUT2D eigenvalue weighted by molar-refractivity contribution is 7.89. The maximum atomic E-state index is 12.9. The molecular weight excluding hydrogens is 360 g/mol. The van der Waals surface area contributed by atoms with E-state index in [9.17, 15) is 13.2 Å². The highest BCUT2D eigenvalue weighted by Gasteiger charge is 2.28. The molecule has 0 bridgehead atoms. The van der Waals surface area contributed by atoms with Crippen LogP contribution in [0.5, 0.6) is 0 Å². The van der Waals surface area contributed by atoms with Crippen molar-refractivity contribution in [1.82, 2.24) is 4.31 Å². The molecule has 144 valence electrons. The third-order valence-electron chi connectivity index (χ3n) is 5.20. The molecule has 2 aromatic rings. The SMILES string of the molecule is Cc1ccc2c(c1)CCCN2C(=O)CN(C)S(=O)(=O)c1ccc(C)c(C)c1. The van der Waals surface area contributed by atoms with Crippen molar-refractivity contribution in [1.29, 1.82) is 0 Å². The van der Waals surface area contributed by atoms with Gasteiger partial charge in [-0.1, -0.05) is 23.8 Å². The van der Waals surface area contributed by atoms with Crippen molar-refractivity contribution in [3.63, 3.8) is 0 Å². The number of benzene rings is 2. The summed E-state index contributed by atoms with van der Waals surface area (Å²) in [6.07, 6.45) is 1.83. The Labute approximate surface area is 161 Å². The number of hydrogen-bond acceptors (Lipinski definition) is 3. The second-order valence-corrected chi connectivity index (χ2v) is 9.33. The zero-order chi connectivity index (χ0) is 19.8. The highest BCUT2D eigenvalue weighted by atomic mass is 32.2. The van der Waals surface area contributed by atoms with Crippen molar-refractivity contribution in [2.45, 2.75) is 38.5 Å². The fourth-order valence-corrected chi connectivity index (χ4v) is 4.61. The maximum absolute atomic E-state index is 12.9. The second kappa shape index (κ2) is 7.44. The van der Waals surface area contributed by atoms with E-state index in [1.807, 2.05) is 32.9 Å². The van der Waals surface area contributed by atoms with Gasteiger partial charge in [-0.2, -0.15) is 4.31 Å². The minimum atomic E-state index is -3.71. The molecule has 0 N–H and O–H groups in total. The van der Waals surface area contributed by atoms with Crippen LogP contribution in [0.25, 0.3) is 0 Å². The molecule has 0 atom stereocenters. The van der Waals surface area contributed by atoms with Gasteiger partial charge in [0.05, 0.1) is 11.4 Å². The van der Waals surface area contributed by atoms with Gasteiger partial charge in [0.2, 0.25) is 15.9 Å². The number of anilines is 1. The van der Waals surface area contributed by atoms with E-state index >= 15 is 0 Å². The molecule has 0 saturated carbocycles. The Balaban J connectivity index is 1.81. The average Bonchev–Trinajstić information content (AvgIpc) is 2.62. The maximum Gasteiger partial charge on any atom is 0.243 e. The first-order valence-electron chi connectivity index (χ1n) is 9.13. The van der Waals surface area contributed by atoms with Crippen LogP contribution >= 0.6 is 0 Å².